The van der Waals surface area contributed by atoms with Crippen molar-refractivity contribution in [2.75, 3.05) is 31.1 Å². The Labute approximate surface area is 180 Å². The molecule has 1 saturated carbocycles. The Balaban J connectivity index is 1.30. The number of imide groups is 1. The maximum atomic E-state index is 12.2. The molecule has 1 aromatic carbocycles. The minimum atomic E-state index is 0.0468. The van der Waals surface area contributed by atoms with Gasteiger partial charge in [-0.2, -0.15) is 0 Å². The second kappa shape index (κ2) is 9.38. The number of rotatable bonds is 5. The molecule has 3 fully saturated rings. The van der Waals surface area contributed by atoms with Crippen LogP contribution < -0.4 is 9.64 Å². The van der Waals surface area contributed by atoms with Crippen molar-refractivity contribution in [1.29, 1.82) is 0 Å². The summed E-state index contributed by atoms with van der Waals surface area (Å²) in [5.41, 5.74) is 1.19. The maximum absolute atomic E-state index is 12.2. The van der Waals surface area contributed by atoms with Crippen LogP contribution in [0.4, 0.5) is 5.69 Å². The summed E-state index contributed by atoms with van der Waals surface area (Å²) in [6, 6.07) is 9.04. The van der Waals surface area contributed by atoms with Crippen LogP contribution in [0, 0.1) is 0 Å². The minimum Gasteiger partial charge on any atom is -0.489 e. The third kappa shape index (κ3) is 4.64. The number of nitrogens with zero attached hydrogens (tertiary/aromatic N) is 3. The van der Waals surface area contributed by atoms with Crippen LogP contribution in [-0.2, 0) is 9.59 Å². The van der Waals surface area contributed by atoms with E-state index in [1.807, 2.05) is 6.07 Å². The molecule has 3 aliphatic rings. The zero-order valence-corrected chi connectivity index (χ0v) is 18.4. The first-order chi connectivity index (χ1) is 14.5. The van der Waals surface area contributed by atoms with Gasteiger partial charge in [-0.1, -0.05) is 12.1 Å². The van der Waals surface area contributed by atoms with Crippen LogP contribution in [0.1, 0.15) is 58.8 Å². The number of ether oxygens (including phenoxy) is 1. The Morgan fingerprint density at radius 1 is 0.867 bits per heavy atom. The van der Waals surface area contributed by atoms with Gasteiger partial charge < -0.3 is 9.64 Å². The first kappa shape index (κ1) is 21.2. The first-order valence-corrected chi connectivity index (χ1v) is 11.6. The molecule has 0 radical (unpaired) electrons. The molecular formula is C24H35N3O3. The molecule has 0 bridgehead atoms. The molecule has 164 valence electrons. The third-order valence-corrected chi connectivity index (χ3v) is 6.75. The van der Waals surface area contributed by atoms with Crippen LogP contribution in [0.5, 0.6) is 5.75 Å². The molecule has 0 N–H and O–H groups in total. The highest BCUT2D eigenvalue weighted by Gasteiger charge is 2.36. The van der Waals surface area contributed by atoms with Gasteiger partial charge in [-0.05, 0) is 58.1 Å². The van der Waals surface area contributed by atoms with Gasteiger partial charge in [0.15, 0.2) is 0 Å². The Morgan fingerprint density at radius 3 is 2.10 bits per heavy atom. The van der Waals surface area contributed by atoms with Crippen LogP contribution in [0.3, 0.4) is 0 Å². The SMILES string of the molecule is CC(C)Oc1ccccc1N1CCN(C2CCC(N3C(=O)CCCC3=O)CC2)CC1. The molecule has 2 heterocycles. The van der Waals surface area contributed by atoms with Crippen LogP contribution >= 0.6 is 0 Å². The lowest BCUT2D eigenvalue weighted by molar-refractivity contribution is -0.152. The fraction of sp³-hybridized carbons (Fsp3) is 0.667. The molecule has 0 aromatic heterocycles. The third-order valence-electron chi connectivity index (χ3n) is 6.75. The van der Waals surface area contributed by atoms with E-state index < -0.39 is 0 Å². The van der Waals surface area contributed by atoms with E-state index >= 15 is 0 Å². The Morgan fingerprint density at radius 2 is 1.47 bits per heavy atom. The standard InChI is InChI=1S/C24H35N3O3/c1-18(2)30-22-7-4-3-6-21(22)26-16-14-25(15-17-26)19-10-12-20(13-11-19)27-23(28)8-5-9-24(27)29/h3-4,6-7,18-20H,5,8-17H2,1-2H3. The van der Waals surface area contributed by atoms with Crippen molar-refractivity contribution < 1.29 is 14.3 Å². The van der Waals surface area contributed by atoms with Crippen molar-refractivity contribution in [3.8, 4) is 5.75 Å². The summed E-state index contributed by atoms with van der Waals surface area (Å²) >= 11 is 0. The van der Waals surface area contributed by atoms with Gasteiger partial charge in [-0.3, -0.25) is 19.4 Å². The van der Waals surface area contributed by atoms with E-state index in [9.17, 15) is 9.59 Å². The number of carbonyl (C=O) groups is 2. The van der Waals surface area contributed by atoms with Crippen molar-refractivity contribution >= 4 is 17.5 Å². The van der Waals surface area contributed by atoms with E-state index in [1.165, 1.54) is 5.69 Å². The summed E-state index contributed by atoms with van der Waals surface area (Å²) in [7, 11) is 0. The molecule has 2 aliphatic heterocycles. The normalized spacial score (nSPS) is 26.4. The average molecular weight is 414 g/mol. The number of piperidine rings is 1. The van der Waals surface area contributed by atoms with Gasteiger partial charge in [-0.25, -0.2) is 0 Å². The van der Waals surface area contributed by atoms with E-state index in [2.05, 4.69) is 41.8 Å². The quantitative estimate of drug-likeness (QED) is 0.692. The highest BCUT2D eigenvalue weighted by atomic mass is 16.5. The number of hydrogen-bond donors (Lipinski definition) is 0. The summed E-state index contributed by atoms with van der Waals surface area (Å²) in [5.74, 6) is 1.06. The number of carbonyl (C=O) groups excluding carboxylic acids is 2. The van der Waals surface area contributed by atoms with Crippen LogP contribution in [-0.4, -0.2) is 66.0 Å². The van der Waals surface area contributed by atoms with Gasteiger partial charge in [0, 0.05) is 51.1 Å². The van der Waals surface area contributed by atoms with Gasteiger partial charge in [0.05, 0.1) is 11.8 Å². The second-order valence-electron chi connectivity index (χ2n) is 9.13. The predicted octanol–water partition coefficient (Wildman–Crippen LogP) is 3.45. The van der Waals surface area contributed by atoms with Gasteiger partial charge in [0.2, 0.25) is 11.8 Å². The zero-order valence-electron chi connectivity index (χ0n) is 18.4. The molecule has 0 atom stereocenters. The number of piperazine rings is 1. The molecular weight excluding hydrogens is 378 g/mol. The monoisotopic (exact) mass is 413 g/mol. The molecule has 30 heavy (non-hydrogen) atoms. The number of amides is 2. The molecule has 1 aromatic rings. The number of hydrogen-bond acceptors (Lipinski definition) is 5. The van der Waals surface area contributed by atoms with Gasteiger partial charge in [-0.15, -0.1) is 0 Å². The molecule has 0 unspecified atom stereocenters. The van der Waals surface area contributed by atoms with E-state index in [0.717, 1.165) is 64.0 Å². The summed E-state index contributed by atoms with van der Waals surface area (Å²) in [4.78, 5) is 31.1. The topological polar surface area (TPSA) is 53.1 Å². The molecule has 2 saturated heterocycles. The van der Waals surface area contributed by atoms with E-state index in [-0.39, 0.29) is 24.0 Å². The summed E-state index contributed by atoms with van der Waals surface area (Å²) in [5, 5.41) is 0. The lowest BCUT2D eigenvalue weighted by Gasteiger charge is -2.44. The second-order valence-corrected chi connectivity index (χ2v) is 9.13. The van der Waals surface area contributed by atoms with E-state index in [0.29, 0.717) is 18.9 Å². The largest absolute Gasteiger partial charge is 0.489 e. The van der Waals surface area contributed by atoms with Crippen molar-refractivity contribution in [1.82, 2.24) is 9.80 Å². The van der Waals surface area contributed by atoms with E-state index in [1.54, 1.807) is 4.90 Å². The van der Waals surface area contributed by atoms with Gasteiger partial charge in [0.25, 0.3) is 0 Å². The van der Waals surface area contributed by atoms with E-state index in [4.69, 9.17) is 4.74 Å². The van der Waals surface area contributed by atoms with Crippen LogP contribution in [0.2, 0.25) is 0 Å². The highest BCUT2D eigenvalue weighted by molar-refractivity contribution is 5.97. The molecule has 4 rings (SSSR count). The maximum Gasteiger partial charge on any atom is 0.229 e. The number of anilines is 1. The van der Waals surface area contributed by atoms with Crippen molar-refractivity contribution in [3.05, 3.63) is 24.3 Å². The summed E-state index contributed by atoms with van der Waals surface area (Å²) in [6.45, 7) is 8.23. The first-order valence-electron chi connectivity index (χ1n) is 11.6. The van der Waals surface area contributed by atoms with Crippen molar-refractivity contribution in [2.45, 2.75) is 77.0 Å². The Kier molecular flexibility index (Phi) is 6.61. The molecule has 2 amide bonds. The molecule has 1 aliphatic carbocycles. The van der Waals surface area contributed by atoms with Crippen molar-refractivity contribution in [3.63, 3.8) is 0 Å². The fourth-order valence-corrected chi connectivity index (χ4v) is 5.26. The fourth-order valence-electron chi connectivity index (χ4n) is 5.26. The molecule has 6 nitrogen and oxygen atoms in total. The number of benzene rings is 1. The average Bonchev–Trinajstić information content (AvgIpc) is 2.74. The van der Waals surface area contributed by atoms with Crippen LogP contribution in [0.15, 0.2) is 24.3 Å². The Hall–Kier alpha value is -2.08. The predicted molar refractivity (Wildman–Crippen MR) is 118 cm³/mol. The summed E-state index contributed by atoms with van der Waals surface area (Å²) < 4.78 is 6.01. The lowest BCUT2D eigenvalue weighted by Crippen LogP contribution is -2.54. The lowest BCUT2D eigenvalue weighted by atomic mass is 9.87. The summed E-state index contributed by atoms with van der Waals surface area (Å²) in [6.07, 6.45) is 6.02. The zero-order chi connectivity index (χ0) is 21.1. The number of para-hydroxylation sites is 2. The van der Waals surface area contributed by atoms with Crippen LogP contribution in [0.25, 0.3) is 0 Å². The number of likely N-dealkylation sites (tertiary alicyclic amines) is 1. The smallest absolute Gasteiger partial charge is 0.229 e. The molecule has 0 spiro atoms. The minimum absolute atomic E-state index is 0.0468. The van der Waals surface area contributed by atoms with Gasteiger partial charge >= 0.3 is 0 Å². The van der Waals surface area contributed by atoms with Crippen molar-refractivity contribution in [2.24, 2.45) is 0 Å². The van der Waals surface area contributed by atoms with Gasteiger partial charge in [0.1, 0.15) is 5.75 Å². The molecule has 6 heteroatoms. The highest BCUT2D eigenvalue weighted by Crippen LogP contribution is 2.32. The Bertz CT molecular complexity index is 734.